The smallest absolute Gasteiger partial charge is 0.150 e. The highest BCUT2D eigenvalue weighted by Gasteiger charge is 2.03. The average molecular weight is 298 g/mol. The second-order valence-electron chi connectivity index (χ2n) is 4.15. The van der Waals surface area contributed by atoms with E-state index in [1.807, 2.05) is 25.1 Å². The molecule has 1 aromatic rings. The highest BCUT2D eigenvalue weighted by molar-refractivity contribution is 7.99. The lowest BCUT2D eigenvalue weighted by Crippen LogP contribution is -2.09. The quantitative estimate of drug-likeness (QED) is 0.357. The fourth-order valence-electron chi connectivity index (χ4n) is 1.59. The number of hydrogen-bond acceptors (Lipinski definition) is 5. The largest absolute Gasteiger partial charge is 0.382 e. The first-order valence-corrected chi connectivity index (χ1v) is 7.60. The Hall–Kier alpha value is -0.880. The third-order valence-corrected chi connectivity index (χ3v) is 3.87. The Bertz CT molecular complexity index is 395. The highest BCUT2D eigenvalue weighted by Crippen LogP contribution is 2.23. The molecule has 4 nitrogen and oxygen atoms in total. The lowest BCUT2D eigenvalue weighted by atomic mass is 10.1. The molecule has 0 radical (unpaired) electrons. The Kier molecular flexibility index (Phi) is 9.32. The molecule has 0 atom stereocenters. The second kappa shape index (κ2) is 10.9. The number of ether oxygens (including phenoxy) is 3. The number of aldehydes is 1. The van der Waals surface area contributed by atoms with Crippen LogP contribution in [0.5, 0.6) is 0 Å². The van der Waals surface area contributed by atoms with E-state index in [9.17, 15) is 4.79 Å². The molecule has 5 heteroatoms. The first-order valence-electron chi connectivity index (χ1n) is 6.61. The molecule has 0 amide bonds. The fraction of sp³-hybridized carbons (Fsp3) is 0.533. The van der Waals surface area contributed by atoms with Crippen LogP contribution in [0.3, 0.4) is 0 Å². The predicted molar refractivity (Wildman–Crippen MR) is 80.8 cm³/mol. The van der Waals surface area contributed by atoms with E-state index in [0.29, 0.717) is 33.0 Å². The van der Waals surface area contributed by atoms with Crippen LogP contribution in [0.15, 0.2) is 23.1 Å². The molecule has 112 valence electrons. The van der Waals surface area contributed by atoms with Crippen molar-refractivity contribution >= 4 is 18.0 Å². The number of rotatable bonds is 11. The van der Waals surface area contributed by atoms with Gasteiger partial charge < -0.3 is 14.2 Å². The molecule has 0 N–H and O–H groups in total. The summed E-state index contributed by atoms with van der Waals surface area (Å²) in [7, 11) is 1.65. The monoisotopic (exact) mass is 298 g/mol. The molecular weight excluding hydrogens is 276 g/mol. The first kappa shape index (κ1) is 17.2. The zero-order chi connectivity index (χ0) is 14.6. The number of thioether (sulfide) groups is 1. The molecule has 0 heterocycles. The van der Waals surface area contributed by atoms with Gasteiger partial charge in [0.1, 0.15) is 6.29 Å². The third-order valence-electron chi connectivity index (χ3n) is 2.74. The fourth-order valence-corrected chi connectivity index (χ4v) is 2.52. The van der Waals surface area contributed by atoms with Gasteiger partial charge in [-0.2, -0.15) is 0 Å². The van der Waals surface area contributed by atoms with Crippen LogP contribution in [-0.4, -0.2) is 52.2 Å². The highest BCUT2D eigenvalue weighted by atomic mass is 32.2. The summed E-state index contributed by atoms with van der Waals surface area (Å²) in [6.07, 6.45) is 0.896. The van der Waals surface area contributed by atoms with E-state index in [-0.39, 0.29) is 0 Å². The van der Waals surface area contributed by atoms with Crippen LogP contribution in [0, 0.1) is 6.92 Å². The molecule has 20 heavy (non-hydrogen) atoms. The van der Waals surface area contributed by atoms with Crippen molar-refractivity contribution in [1.29, 1.82) is 0 Å². The number of hydrogen-bond donors (Lipinski definition) is 0. The molecule has 0 aliphatic heterocycles. The minimum absolute atomic E-state index is 0.591. The van der Waals surface area contributed by atoms with Crippen molar-refractivity contribution < 1.29 is 19.0 Å². The van der Waals surface area contributed by atoms with Gasteiger partial charge in [-0.1, -0.05) is 12.1 Å². The molecular formula is C15H22O4S. The first-order chi connectivity index (χ1) is 9.79. The van der Waals surface area contributed by atoms with Crippen molar-refractivity contribution in [3.05, 3.63) is 29.3 Å². The van der Waals surface area contributed by atoms with Crippen LogP contribution in [-0.2, 0) is 14.2 Å². The zero-order valence-corrected chi connectivity index (χ0v) is 12.9. The lowest BCUT2D eigenvalue weighted by Gasteiger charge is -2.08. The molecule has 1 rings (SSSR count). The van der Waals surface area contributed by atoms with Crippen LogP contribution in [0.4, 0.5) is 0 Å². The van der Waals surface area contributed by atoms with E-state index in [4.69, 9.17) is 14.2 Å². The Morgan fingerprint density at radius 3 is 2.50 bits per heavy atom. The molecule has 0 aliphatic rings. The van der Waals surface area contributed by atoms with Gasteiger partial charge in [0, 0.05) is 23.3 Å². The van der Waals surface area contributed by atoms with E-state index in [2.05, 4.69) is 0 Å². The van der Waals surface area contributed by atoms with Crippen molar-refractivity contribution in [1.82, 2.24) is 0 Å². The number of carbonyl (C=O) groups excluding carboxylic acids is 1. The zero-order valence-electron chi connectivity index (χ0n) is 12.1. The average Bonchev–Trinajstić information content (AvgIpc) is 2.47. The maximum atomic E-state index is 10.8. The van der Waals surface area contributed by atoms with E-state index in [0.717, 1.165) is 28.1 Å². The summed E-state index contributed by atoms with van der Waals surface area (Å²) in [5.74, 6) is 0.862. The predicted octanol–water partition coefficient (Wildman–Crippen LogP) is 2.58. The molecule has 0 fully saturated rings. The van der Waals surface area contributed by atoms with E-state index < -0.39 is 0 Å². The number of carbonyl (C=O) groups is 1. The van der Waals surface area contributed by atoms with Crippen molar-refractivity contribution in [2.24, 2.45) is 0 Å². The summed E-state index contributed by atoms with van der Waals surface area (Å²) >= 11 is 1.70. The number of methoxy groups -OCH3 is 1. The van der Waals surface area contributed by atoms with Gasteiger partial charge in [-0.05, 0) is 18.6 Å². The molecule has 1 aromatic carbocycles. The lowest BCUT2D eigenvalue weighted by molar-refractivity contribution is 0.0286. The maximum Gasteiger partial charge on any atom is 0.150 e. The van der Waals surface area contributed by atoms with Gasteiger partial charge in [-0.25, -0.2) is 0 Å². The topological polar surface area (TPSA) is 44.8 Å². The molecule has 0 spiro atoms. The minimum Gasteiger partial charge on any atom is -0.382 e. The second-order valence-corrected chi connectivity index (χ2v) is 5.29. The standard InChI is InChI=1S/C15H22O4S/c1-13-14(12-16)4-3-5-15(13)20-11-10-19-9-8-18-7-6-17-2/h3-5,12H,6-11H2,1-2H3. The van der Waals surface area contributed by atoms with Crippen molar-refractivity contribution in [3.63, 3.8) is 0 Å². The van der Waals surface area contributed by atoms with Gasteiger partial charge in [0.2, 0.25) is 0 Å². The summed E-state index contributed by atoms with van der Waals surface area (Å²) in [5.41, 5.74) is 1.79. The summed E-state index contributed by atoms with van der Waals surface area (Å²) in [6.45, 7) is 5.04. The van der Waals surface area contributed by atoms with E-state index in [1.165, 1.54) is 0 Å². The molecule has 0 saturated heterocycles. The summed E-state index contributed by atoms with van der Waals surface area (Å²) in [4.78, 5) is 12.0. The van der Waals surface area contributed by atoms with E-state index >= 15 is 0 Å². The van der Waals surface area contributed by atoms with Gasteiger partial charge in [0.25, 0.3) is 0 Å². The minimum atomic E-state index is 0.591. The molecule has 0 saturated carbocycles. The third kappa shape index (κ3) is 6.52. The normalized spacial score (nSPS) is 10.7. The van der Waals surface area contributed by atoms with Crippen LogP contribution in [0.25, 0.3) is 0 Å². The van der Waals surface area contributed by atoms with Gasteiger partial charge in [-0.15, -0.1) is 11.8 Å². The Labute approximate surface area is 124 Å². The maximum absolute atomic E-state index is 10.8. The summed E-state index contributed by atoms with van der Waals surface area (Å²) in [5, 5.41) is 0. The Balaban J connectivity index is 2.11. The van der Waals surface area contributed by atoms with Crippen molar-refractivity contribution in [2.75, 3.05) is 45.9 Å². The molecule has 0 aliphatic carbocycles. The van der Waals surface area contributed by atoms with Gasteiger partial charge >= 0.3 is 0 Å². The Morgan fingerprint density at radius 1 is 1.10 bits per heavy atom. The van der Waals surface area contributed by atoms with Crippen LogP contribution >= 0.6 is 11.8 Å². The summed E-state index contributed by atoms with van der Waals surface area (Å²) < 4.78 is 15.6. The van der Waals surface area contributed by atoms with Crippen molar-refractivity contribution in [2.45, 2.75) is 11.8 Å². The molecule has 0 bridgehead atoms. The SMILES string of the molecule is COCCOCCOCCSc1cccc(C=O)c1C. The Morgan fingerprint density at radius 2 is 1.80 bits per heavy atom. The van der Waals surface area contributed by atoms with Gasteiger partial charge in [0.05, 0.1) is 33.0 Å². The van der Waals surface area contributed by atoms with Crippen LogP contribution in [0.1, 0.15) is 15.9 Å². The molecule has 0 unspecified atom stereocenters. The van der Waals surface area contributed by atoms with Crippen LogP contribution < -0.4 is 0 Å². The van der Waals surface area contributed by atoms with Gasteiger partial charge in [0.15, 0.2) is 0 Å². The van der Waals surface area contributed by atoms with Crippen LogP contribution in [0.2, 0.25) is 0 Å². The van der Waals surface area contributed by atoms with Crippen molar-refractivity contribution in [3.8, 4) is 0 Å². The van der Waals surface area contributed by atoms with E-state index in [1.54, 1.807) is 18.9 Å². The number of benzene rings is 1. The summed E-state index contributed by atoms with van der Waals surface area (Å²) in [6, 6.07) is 5.77. The molecule has 0 aromatic heterocycles. The van der Waals surface area contributed by atoms with Gasteiger partial charge in [-0.3, -0.25) is 4.79 Å².